The van der Waals surface area contributed by atoms with Crippen LogP contribution in [-0.4, -0.2) is 17.3 Å². The summed E-state index contributed by atoms with van der Waals surface area (Å²) in [6.07, 6.45) is -1.35. The van der Waals surface area contributed by atoms with E-state index in [1.165, 1.54) is 20.8 Å². The van der Waals surface area contributed by atoms with Crippen molar-refractivity contribution < 1.29 is 29.0 Å². The van der Waals surface area contributed by atoms with Crippen LogP contribution in [0.15, 0.2) is 0 Å². The molecule has 0 amide bonds. The molecule has 0 aromatic rings. The molecule has 0 aromatic carbocycles. The van der Waals surface area contributed by atoms with E-state index in [0.717, 1.165) is 0 Å². The van der Waals surface area contributed by atoms with Crippen molar-refractivity contribution in [3.8, 4) is 0 Å². The van der Waals surface area contributed by atoms with E-state index in [9.17, 15) is 24.2 Å². The highest BCUT2D eigenvalue weighted by Crippen LogP contribution is 2.97. The Morgan fingerprint density at radius 2 is 1.53 bits per heavy atom. The molecule has 0 bridgehead atoms. The molecule has 0 atom stereocenters. The van der Waals surface area contributed by atoms with Crippen molar-refractivity contribution >= 4 is 16.2 Å². The predicted molar refractivity (Wildman–Crippen MR) is 48.5 cm³/mol. The Morgan fingerprint density at radius 1 is 1.13 bits per heavy atom. The minimum atomic E-state index is -9.49. The molecule has 8 heteroatoms. The molecule has 0 aliphatic carbocycles. The van der Waals surface area contributed by atoms with E-state index < -0.39 is 34.0 Å². The van der Waals surface area contributed by atoms with Gasteiger partial charge in [0.2, 0.25) is 0 Å². The van der Waals surface area contributed by atoms with Crippen molar-refractivity contribution in [2.75, 3.05) is 5.75 Å². The largest absolute Gasteiger partial charge is 0.460 e. The highest BCUT2D eigenvalue weighted by atomic mass is 32.5. The first-order chi connectivity index (χ1) is 6.08. The van der Waals surface area contributed by atoms with Crippen molar-refractivity contribution in [2.45, 2.75) is 32.8 Å². The molecule has 0 saturated carbocycles. The average Bonchev–Trinajstić information content (AvgIpc) is 1.75. The molecule has 2 nitrogen and oxygen atoms in total. The Balaban J connectivity index is 4.28. The van der Waals surface area contributed by atoms with Gasteiger partial charge in [-0.15, -0.1) is 0 Å². The maximum Gasteiger partial charge on any atom is 0.307 e. The van der Waals surface area contributed by atoms with Gasteiger partial charge in [0, 0.05) is 0 Å². The highest BCUT2D eigenvalue weighted by Gasteiger charge is 2.63. The van der Waals surface area contributed by atoms with Crippen LogP contribution in [0.25, 0.3) is 0 Å². The van der Waals surface area contributed by atoms with Gasteiger partial charge >= 0.3 is 5.97 Å². The molecular formula is C7H13F5O2S. The second-order valence-electron chi connectivity index (χ2n) is 4.17. The first-order valence-electron chi connectivity index (χ1n) is 4.03. The summed E-state index contributed by atoms with van der Waals surface area (Å²) >= 11 is 0. The van der Waals surface area contributed by atoms with Gasteiger partial charge in [0.1, 0.15) is 5.60 Å². The van der Waals surface area contributed by atoms with Crippen LogP contribution >= 0.6 is 10.2 Å². The lowest BCUT2D eigenvalue weighted by Gasteiger charge is -2.40. The maximum atomic E-state index is 11.8. The molecule has 0 aromatic heterocycles. The minimum Gasteiger partial charge on any atom is -0.460 e. The van der Waals surface area contributed by atoms with Crippen LogP contribution in [0.1, 0.15) is 27.2 Å². The average molecular weight is 256 g/mol. The van der Waals surface area contributed by atoms with E-state index >= 15 is 0 Å². The summed E-state index contributed by atoms with van der Waals surface area (Å²) in [7, 11) is -9.49. The Morgan fingerprint density at radius 3 is 1.80 bits per heavy atom. The summed E-state index contributed by atoms with van der Waals surface area (Å²) in [4.78, 5) is 10.8. The minimum absolute atomic E-state index is 0.977. The van der Waals surface area contributed by atoms with Crippen LogP contribution in [0.4, 0.5) is 19.4 Å². The third-order valence-corrected chi connectivity index (χ3v) is 2.09. The van der Waals surface area contributed by atoms with Crippen LogP contribution in [0.2, 0.25) is 0 Å². The van der Waals surface area contributed by atoms with Crippen LogP contribution in [0.3, 0.4) is 0 Å². The molecule has 0 heterocycles. The third kappa shape index (κ3) is 11.4. The van der Waals surface area contributed by atoms with Gasteiger partial charge in [0.05, 0.1) is 12.2 Å². The lowest BCUT2D eigenvalue weighted by Crippen LogP contribution is -2.25. The lowest BCUT2D eigenvalue weighted by molar-refractivity contribution is -0.154. The van der Waals surface area contributed by atoms with E-state index in [1.54, 1.807) is 0 Å². The van der Waals surface area contributed by atoms with Crippen molar-refractivity contribution in [3.05, 3.63) is 0 Å². The standard InChI is InChI=1S/C7H13F5O2S/c1-7(2,3)14-6(13)4-5-15(8,9,10,11)12/h4-5H2,1-3H3. The van der Waals surface area contributed by atoms with Crippen molar-refractivity contribution in [2.24, 2.45) is 0 Å². The van der Waals surface area contributed by atoms with Crippen LogP contribution in [0.5, 0.6) is 0 Å². The molecule has 0 saturated heterocycles. The smallest absolute Gasteiger partial charge is 0.307 e. The van der Waals surface area contributed by atoms with Gasteiger partial charge in [-0.2, -0.15) is 0 Å². The molecule has 0 unspecified atom stereocenters. The van der Waals surface area contributed by atoms with Crippen LogP contribution in [0, 0.1) is 0 Å². The third-order valence-electron chi connectivity index (χ3n) is 1.11. The molecule has 0 N–H and O–H groups in total. The van der Waals surface area contributed by atoms with E-state index in [0.29, 0.717) is 0 Å². The normalized spacial score (nSPS) is 17.9. The van der Waals surface area contributed by atoms with Gasteiger partial charge < -0.3 is 4.74 Å². The predicted octanol–water partition coefficient (Wildman–Crippen LogP) is 4.02. The summed E-state index contributed by atoms with van der Waals surface area (Å²) in [6.45, 7) is 4.31. The topological polar surface area (TPSA) is 26.3 Å². The van der Waals surface area contributed by atoms with Crippen LogP contribution in [-0.2, 0) is 9.53 Å². The highest BCUT2D eigenvalue weighted by molar-refractivity contribution is 8.45. The van der Waals surface area contributed by atoms with Crippen LogP contribution < -0.4 is 0 Å². The van der Waals surface area contributed by atoms with Gasteiger partial charge in [-0.25, -0.2) is 0 Å². The zero-order valence-electron chi connectivity index (χ0n) is 8.53. The van der Waals surface area contributed by atoms with E-state index in [-0.39, 0.29) is 0 Å². The van der Waals surface area contributed by atoms with Gasteiger partial charge in [0.15, 0.2) is 0 Å². The van der Waals surface area contributed by atoms with E-state index in [4.69, 9.17) is 0 Å². The summed E-state index contributed by atoms with van der Waals surface area (Å²) in [5.74, 6) is -3.69. The zero-order valence-corrected chi connectivity index (χ0v) is 9.35. The summed E-state index contributed by atoms with van der Waals surface area (Å²) in [5.41, 5.74) is -0.977. The van der Waals surface area contributed by atoms with E-state index in [1.807, 2.05) is 0 Å². The SMILES string of the molecule is CC(C)(C)OC(=O)CCS(F)(F)(F)(F)F. The van der Waals surface area contributed by atoms with Crippen molar-refractivity contribution in [1.82, 2.24) is 0 Å². The Kier molecular flexibility index (Phi) is 2.88. The Bertz CT molecular complexity index is 261. The maximum absolute atomic E-state index is 11.8. The fourth-order valence-electron chi connectivity index (χ4n) is 0.669. The molecular weight excluding hydrogens is 243 g/mol. The fourth-order valence-corrected chi connectivity index (χ4v) is 1.22. The molecule has 0 aliphatic rings. The summed E-state index contributed by atoms with van der Waals surface area (Å²) in [6, 6.07) is 0. The van der Waals surface area contributed by atoms with Gasteiger partial charge in [-0.3, -0.25) is 4.79 Å². The first-order valence-corrected chi connectivity index (χ1v) is 6.15. The molecule has 0 fully saturated rings. The summed E-state index contributed by atoms with van der Waals surface area (Å²) < 4.78 is 63.5. The van der Waals surface area contributed by atoms with E-state index in [2.05, 4.69) is 4.74 Å². The lowest BCUT2D eigenvalue weighted by atomic mass is 10.2. The Labute approximate surface area is 84.5 Å². The van der Waals surface area contributed by atoms with Crippen molar-refractivity contribution in [3.63, 3.8) is 0 Å². The van der Waals surface area contributed by atoms with Gasteiger partial charge in [0.25, 0.3) is 10.2 Å². The number of hydrogen-bond donors (Lipinski definition) is 0. The molecule has 0 rings (SSSR count). The molecule has 15 heavy (non-hydrogen) atoms. The first kappa shape index (κ1) is 14.5. The molecule has 94 valence electrons. The number of carbonyl (C=O) groups is 1. The number of rotatable bonds is 3. The fraction of sp³-hybridized carbons (Fsp3) is 0.857. The number of ether oxygens (including phenoxy) is 1. The zero-order chi connectivity index (χ0) is 12.6. The monoisotopic (exact) mass is 256 g/mol. The number of esters is 1. The molecule has 0 aliphatic heterocycles. The number of hydrogen-bond acceptors (Lipinski definition) is 2. The van der Waals surface area contributed by atoms with Gasteiger partial charge in [-0.05, 0) is 20.8 Å². The van der Waals surface area contributed by atoms with Crippen molar-refractivity contribution in [1.29, 1.82) is 0 Å². The summed E-state index contributed by atoms with van der Waals surface area (Å²) in [5, 5.41) is 0. The number of carbonyl (C=O) groups excluding carboxylic acids is 1. The number of halogens is 5. The molecule has 0 radical (unpaired) electrons. The second kappa shape index (κ2) is 2.99. The Hall–Kier alpha value is -0.530. The van der Waals surface area contributed by atoms with Gasteiger partial charge in [-0.1, -0.05) is 19.4 Å². The quantitative estimate of drug-likeness (QED) is 0.563. The second-order valence-corrected chi connectivity index (χ2v) is 6.84. The molecule has 0 spiro atoms.